The highest BCUT2D eigenvalue weighted by Crippen LogP contribution is 2.21. The molecule has 0 aromatic heterocycles. The summed E-state index contributed by atoms with van der Waals surface area (Å²) in [5, 5.41) is 13.1. The van der Waals surface area contributed by atoms with Gasteiger partial charge in [0.2, 0.25) is 0 Å². The molecule has 2 aromatic carbocycles. The molecule has 6 heteroatoms. The molecule has 0 saturated heterocycles. The summed E-state index contributed by atoms with van der Waals surface area (Å²) >= 11 is 0. The molecule has 0 aliphatic rings. The summed E-state index contributed by atoms with van der Waals surface area (Å²) in [6.07, 6.45) is 0.330. The third kappa shape index (κ3) is 4.43. The van der Waals surface area contributed by atoms with Gasteiger partial charge >= 0.3 is 0 Å². The van der Waals surface area contributed by atoms with Crippen LogP contribution in [0.4, 0.5) is 8.78 Å². The monoisotopic (exact) mass is 339 g/mol. The van der Waals surface area contributed by atoms with E-state index in [4.69, 9.17) is 0 Å². The number of rotatable bonds is 6. The first-order valence-electron chi connectivity index (χ1n) is 7.19. The summed E-state index contributed by atoms with van der Waals surface area (Å²) in [7, 11) is -1.04. The topological polar surface area (TPSA) is 49.3 Å². The van der Waals surface area contributed by atoms with E-state index in [-0.39, 0.29) is 18.2 Å². The van der Waals surface area contributed by atoms with E-state index in [1.807, 2.05) is 19.1 Å². The predicted octanol–water partition coefficient (Wildman–Crippen LogP) is 3.09. The highest BCUT2D eigenvalue weighted by Gasteiger charge is 2.18. The van der Waals surface area contributed by atoms with Gasteiger partial charge in [-0.3, -0.25) is 4.21 Å². The van der Waals surface area contributed by atoms with E-state index < -0.39 is 28.5 Å². The number of aliphatic hydroxyl groups excluding tert-OH is 1. The Morgan fingerprint density at radius 1 is 1.13 bits per heavy atom. The van der Waals surface area contributed by atoms with Gasteiger partial charge in [-0.2, -0.15) is 0 Å². The Morgan fingerprint density at radius 3 is 2.22 bits per heavy atom. The molecule has 0 saturated carbocycles. The van der Waals surface area contributed by atoms with Crippen molar-refractivity contribution in [3.63, 3.8) is 0 Å². The van der Waals surface area contributed by atoms with Crippen molar-refractivity contribution in [1.82, 2.24) is 5.32 Å². The summed E-state index contributed by atoms with van der Waals surface area (Å²) in [6.45, 7) is 1.89. The maximum atomic E-state index is 13.6. The number of halogens is 2. The van der Waals surface area contributed by atoms with E-state index >= 15 is 0 Å². The van der Waals surface area contributed by atoms with Gasteiger partial charge in [-0.25, -0.2) is 8.78 Å². The quantitative estimate of drug-likeness (QED) is 0.850. The van der Waals surface area contributed by atoms with Crippen molar-refractivity contribution >= 4 is 10.8 Å². The van der Waals surface area contributed by atoms with Crippen LogP contribution in [0, 0.1) is 11.6 Å². The third-order valence-electron chi connectivity index (χ3n) is 3.66. The second-order valence-corrected chi connectivity index (χ2v) is 6.68. The number of hydrogen-bond donors (Lipinski definition) is 2. The van der Waals surface area contributed by atoms with Gasteiger partial charge < -0.3 is 10.4 Å². The minimum Gasteiger partial charge on any atom is -0.387 e. The van der Waals surface area contributed by atoms with E-state index in [0.29, 0.717) is 0 Å². The molecule has 2 N–H and O–H groups in total. The van der Waals surface area contributed by atoms with Gasteiger partial charge in [-0.1, -0.05) is 18.2 Å². The number of nitrogens with one attached hydrogen (secondary N) is 1. The maximum absolute atomic E-state index is 13.6. The minimum atomic E-state index is -1.28. The molecule has 0 heterocycles. The Morgan fingerprint density at radius 2 is 1.70 bits per heavy atom. The molecule has 0 spiro atoms. The van der Waals surface area contributed by atoms with Crippen LogP contribution >= 0.6 is 0 Å². The fourth-order valence-electron chi connectivity index (χ4n) is 2.29. The largest absolute Gasteiger partial charge is 0.387 e. The Kier molecular flexibility index (Phi) is 5.98. The minimum absolute atomic E-state index is 0.0144. The normalized spacial score (nSPS) is 15.2. The molecule has 124 valence electrons. The zero-order valence-electron chi connectivity index (χ0n) is 12.9. The van der Waals surface area contributed by atoms with Crippen LogP contribution in [0.2, 0.25) is 0 Å². The van der Waals surface area contributed by atoms with Gasteiger partial charge in [0.25, 0.3) is 0 Å². The van der Waals surface area contributed by atoms with Crippen LogP contribution in [0.3, 0.4) is 0 Å². The zero-order valence-corrected chi connectivity index (χ0v) is 13.7. The Bertz CT molecular complexity index is 671. The Balaban J connectivity index is 2.01. The summed E-state index contributed by atoms with van der Waals surface area (Å²) in [6, 6.07) is 10.6. The van der Waals surface area contributed by atoms with Crippen LogP contribution in [0.25, 0.3) is 0 Å². The van der Waals surface area contributed by atoms with Crippen molar-refractivity contribution in [3.8, 4) is 0 Å². The van der Waals surface area contributed by atoms with Gasteiger partial charge in [0.1, 0.15) is 11.6 Å². The lowest BCUT2D eigenvalue weighted by Crippen LogP contribution is -2.25. The standard InChI is InChI=1S/C17H19F2NO2S/c1-11(12-6-8-13(9-7-12)23(2)22)20-10-16(21)17-14(18)4-3-5-15(17)19/h3-9,11,16,20-21H,10H2,1-2H3/t11-,16-,23+/m0/s1. The molecular formula is C17H19F2NO2S. The van der Waals surface area contributed by atoms with E-state index in [1.54, 1.807) is 18.4 Å². The van der Waals surface area contributed by atoms with Gasteiger partial charge in [-0.05, 0) is 36.8 Å². The molecule has 0 aliphatic heterocycles. The van der Waals surface area contributed by atoms with Gasteiger partial charge in [0.05, 0.1) is 11.7 Å². The fourth-order valence-corrected chi connectivity index (χ4v) is 2.80. The smallest absolute Gasteiger partial charge is 0.131 e. The Hall–Kier alpha value is -1.63. The summed E-state index contributed by atoms with van der Waals surface area (Å²) in [5.74, 6) is -1.52. The van der Waals surface area contributed by atoms with E-state index in [0.717, 1.165) is 22.6 Å². The van der Waals surface area contributed by atoms with Crippen molar-refractivity contribution < 1.29 is 18.1 Å². The van der Waals surface area contributed by atoms with Crippen molar-refractivity contribution in [3.05, 3.63) is 65.2 Å². The predicted molar refractivity (Wildman–Crippen MR) is 86.5 cm³/mol. The second kappa shape index (κ2) is 7.77. The average Bonchev–Trinajstić information content (AvgIpc) is 2.52. The van der Waals surface area contributed by atoms with Gasteiger partial charge in [0, 0.05) is 34.5 Å². The van der Waals surface area contributed by atoms with E-state index in [1.165, 1.54) is 6.07 Å². The van der Waals surface area contributed by atoms with Crippen molar-refractivity contribution in [2.24, 2.45) is 0 Å². The fraction of sp³-hybridized carbons (Fsp3) is 0.294. The van der Waals surface area contributed by atoms with Gasteiger partial charge in [-0.15, -0.1) is 0 Å². The molecule has 2 aromatic rings. The lowest BCUT2D eigenvalue weighted by atomic mass is 10.1. The molecule has 0 bridgehead atoms. The number of benzene rings is 2. The summed E-state index contributed by atoms with van der Waals surface area (Å²) < 4.78 is 38.6. The van der Waals surface area contributed by atoms with Crippen LogP contribution in [-0.4, -0.2) is 22.1 Å². The molecule has 0 aliphatic carbocycles. The van der Waals surface area contributed by atoms with Crippen LogP contribution in [0.15, 0.2) is 47.4 Å². The second-order valence-electron chi connectivity index (χ2n) is 5.30. The number of aliphatic hydroxyl groups is 1. The van der Waals surface area contributed by atoms with Crippen molar-refractivity contribution in [1.29, 1.82) is 0 Å². The molecule has 3 atom stereocenters. The molecule has 0 unspecified atom stereocenters. The molecule has 0 radical (unpaired) electrons. The first-order valence-corrected chi connectivity index (χ1v) is 8.74. The van der Waals surface area contributed by atoms with Crippen molar-refractivity contribution in [2.45, 2.75) is 24.0 Å². The lowest BCUT2D eigenvalue weighted by Gasteiger charge is -2.18. The maximum Gasteiger partial charge on any atom is 0.131 e. The van der Waals surface area contributed by atoms with Crippen LogP contribution in [0.1, 0.15) is 30.2 Å². The molecule has 2 rings (SSSR count). The van der Waals surface area contributed by atoms with Crippen LogP contribution < -0.4 is 5.32 Å². The Labute approximate surface area is 136 Å². The van der Waals surface area contributed by atoms with E-state index in [2.05, 4.69) is 5.32 Å². The molecule has 0 fully saturated rings. The summed E-state index contributed by atoms with van der Waals surface area (Å²) in [5.41, 5.74) is 0.601. The first kappa shape index (κ1) is 17.7. The summed E-state index contributed by atoms with van der Waals surface area (Å²) in [4.78, 5) is 0.731. The van der Waals surface area contributed by atoms with E-state index in [9.17, 15) is 18.1 Å². The third-order valence-corrected chi connectivity index (χ3v) is 4.60. The van der Waals surface area contributed by atoms with Crippen LogP contribution in [-0.2, 0) is 10.8 Å². The zero-order chi connectivity index (χ0) is 17.0. The molecule has 0 amide bonds. The highest BCUT2D eigenvalue weighted by molar-refractivity contribution is 7.84. The molecular weight excluding hydrogens is 320 g/mol. The van der Waals surface area contributed by atoms with Crippen LogP contribution in [0.5, 0.6) is 0 Å². The lowest BCUT2D eigenvalue weighted by molar-refractivity contribution is 0.161. The first-order chi connectivity index (χ1) is 10.9. The average molecular weight is 339 g/mol. The molecule has 23 heavy (non-hydrogen) atoms. The van der Waals surface area contributed by atoms with Crippen molar-refractivity contribution in [2.75, 3.05) is 12.8 Å². The van der Waals surface area contributed by atoms with Gasteiger partial charge in [0.15, 0.2) is 0 Å². The number of hydrogen-bond acceptors (Lipinski definition) is 3. The SMILES string of the molecule is C[C@H](NC[C@H](O)c1c(F)cccc1F)c1ccc([S@@](C)=O)cc1. The molecule has 3 nitrogen and oxygen atoms in total. The highest BCUT2D eigenvalue weighted by atomic mass is 32.2.